The molecule has 1 aromatic heterocycles. The number of nitrogens with zero attached hydrogens (tertiary/aromatic N) is 3. The van der Waals surface area contributed by atoms with E-state index in [4.69, 9.17) is 0 Å². The van der Waals surface area contributed by atoms with E-state index in [9.17, 15) is 19.1 Å². The summed E-state index contributed by atoms with van der Waals surface area (Å²) in [5, 5.41) is 16.7. The second-order valence-corrected chi connectivity index (χ2v) is 5.30. The molecule has 2 heterocycles. The highest BCUT2D eigenvalue weighted by Crippen LogP contribution is 2.21. The monoisotopic (exact) mass is 318 g/mol. The van der Waals surface area contributed by atoms with E-state index >= 15 is 0 Å². The molecule has 0 aliphatic carbocycles. The van der Waals surface area contributed by atoms with Crippen LogP contribution in [-0.2, 0) is 4.79 Å². The van der Waals surface area contributed by atoms with Gasteiger partial charge in [0.15, 0.2) is 11.4 Å². The average Bonchev–Trinajstić information content (AvgIpc) is 3.12. The summed E-state index contributed by atoms with van der Waals surface area (Å²) in [5.74, 6) is -1.47. The lowest BCUT2D eigenvalue weighted by atomic mass is 10.2. The van der Waals surface area contributed by atoms with E-state index in [1.54, 1.807) is 0 Å². The van der Waals surface area contributed by atoms with Crippen LogP contribution in [0.5, 0.6) is 5.75 Å². The van der Waals surface area contributed by atoms with Gasteiger partial charge in [-0.05, 0) is 30.7 Å². The molecule has 1 aromatic carbocycles. The van der Waals surface area contributed by atoms with Gasteiger partial charge in [-0.25, -0.2) is 9.07 Å². The molecule has 1 saturated heterocycles. The molecule has 2 N–H and O–H groups in total. The first-order valence-corrected chi connectivity index (χ1v) is 7.07. The topological polar surface area (TPSA) is 87.5 Å². The van der Waals surface area contributed by atoms with Crippen LogP contribution in [-0.4, -0.2) is 51.2 Å². The lowest BCUT2D eigenvalue weighted by Crippen LogP contribution is -2.42. The summed E-state index contributed by atoms with van der Waals surface area (Å²) in [6.07, 6.45) is 1.78. The molecule has 1 aliphatic rings. The van der Waals surface area contributed by atoms with Crippen LogP contribution < -0.4 is 5.32 Å². The number of nitrogens with one attached hydrogen (secondary N) is 1. The van der Waals surface area contributed by atoms with E-state index in [1.807, 2.05) is 0 Å². The zero-order valence-corrected chi connectivity index (χ0v) is 12.4. The van der Waals surface area contributed by atoms with Crippen molar-refractivity contribution in [3.63, 3.8) is 0 Å². The van der Waals surface area contributed by atoms with Gasteiger partial charge in [0.2, 0.25) is 5.91 Å². The Hall–Kier alpha value is -2.90. The van der Waals surface area contributed by atoms with Gasteiger partial charge in [0, 0.05) is 13.6 Å². The maximum atomic E-state index is 13.0. The minimum atomic E-state index is -0.571. The van der Waals surface area contributed by atoms with Crippen LogP contribution in [0.3, 0.4) is 0 Å². The summed E-state index contributed by atoms with van der Waals surface area (Å²) in [6.45, 7) is 0.511. The normalized spacial score (nSPS) is 17.1. The van der Waals surface area contributed by atoms with Crippen LogP contribution in [0, 0.1) is 5.82 Å². The summed E-state index contributed by atoms with van der Waals surface area (Å²) in [4.78, 5) is 25.4. The number of carbonyl (C=O) groups excluding carboxylic acids is 2. The van der Waals surface area contributed by atoms with E-state index in [0.717, 1.165) is 0 Å². The fourth-order valence-electron chi connectivity index (χ4n) is 2.50. The molecule has 1 atom stereocenters. The largest absolute Gasteiger partial charge is 0.504 e. The first-order valence-electron chi connectivity index (χ1n) is 7.07. The molecule has 2 aromatic rings. The molecule has 0 saturated carbocycles. The number of rotatable bonds is 3. The molecule has 0 spiro atoms. The third-order valence-corrected chi connectivity index (χ3v) is 3.80. The van der Waals surface area contributed by atoms with Crippen molar-refractivity contribution in [2.75, 3.05) is 13.6 Å². The van der Waals surface area contributed by atoms with E-state index in [-0.39, 0.29) is 17.4 Å². The summed E-state index contributed by atoms with van der Waals surface area (Å²) in [6, 6.07) is 4.89. The van der Waals surface area contributed by atoms with Gasteiger partial charge in [0.05, 0.1) is 11.9 Å². The van der Waals surface area contributed by atoms with Gasteiger partial charge in [-0.1, -0.05) is 0 Å². The minimum Gasteiger partial charge on any atom is -0.504 e. The summed E-state index contributed by atoms with van der Waals surface area (Å²) in [7, 11) is 1.49. The van der Waals surface area contributed by atoms with Gasteiger partial charge in [0.1, 0.15) is 11.9 Å². The molecule has 1 unspecified atom stereocenters. The van der Waals surface area contributed by atoms with Crippen LogP contribution in [0.2, 0.25) is 0 Å². The predicted octanol–water partition coefficient (Wildman–Crippen LogP) is 0.677. The SMILES string of the molecule is CN(C(=O)c1nn(-c2ccc(F)cc2)cc1O)C1CCNC1=O. The van der Waals surface area contributed by atoms with E-state index in [0.29, 0.717) is 18.7 Å². The Morgan fingerprint density at radius 3 is 2.74 bits per heavy atom. The third-order valence-electron chi connectivity index (χ3n) is 3.80. The van der Waals surface area contributed by atoms with Crippen molar-refractivity contribution in [3.05, 3.63) is 42.0 Å². The molecule has 23 heavy (non-hydrogen) atoms. The standard InChI is InChI=1S/C15H15FN4O3/c1-19(11-6-7-17-14(11)22)15(23)13-12(21)8-20(18-13)10-4-2-9(16)3-5-10/h2-5,8,11,21H,6-7H2,1H3,(H,17,22). The molecule has 1 fully saturated rings. The maximum Gasteiger partial charge on any atom is 0.278 e. The molecular formula is C15H15FN4O3. The van der Waals surface area contributed by atoms with Gasteiger partial charge >= 0.3 is 0 Å². The number of aromatic nitrogens is 2. The summed E-state index contributed by atoms with van der Waals surface area (Å²) >= 11 is 0. The van der Waals surface area contributed by atoms with Crippen LogP contribution in [0.1, 0.15) is 16.9 Å². The summed E-state index contributed by atoms with van der Waals surface area (Å²) < 4.78 is 14.2. The smallest absolute Gasteiger partial charge is 0.278 e. The van der Waals surface area contributed by atoms with E-state index < -0.39 is 17.8 Å². The molecule has 120 valence electrons. The maximum absolute atomic E-state index is 13.0. The molecule has 1 aliphatic heterocycles. The van der Waals surface area contributed by atoms with Crippen molar-refractivity contribution in [3.8, 4) is 11.4 Å². The van der Waals surface area contributed by atoms with Gasteiger partial charge in [-0.15, -0.1) is 0 Å². The number of carbonyl (C=O) groups is 2. The molecule has 7 nitrogen and oxygen atoms in total. The zero-order valence-electron chi connectivity index (χ0n) is 12.4. The van der Waals surface area contributed by atoms with Crippen LogP contribution in [0.15, 0.2) is 30.5 Å². The average molecular weight is 318 g/mol. The first-order chi connectivity index (χ1) is 11.0. The number of halogens is 1. The predicted molar refractivity (Wildman–Crippen MR) is 78.7 cm³/mol. The number of amides is 2. The molecule has 2 amide bonds. The van der Waals surface area contributed by atoms with Crippen molar-refractivity contribution in [2.24, 2.45) is 0 Å². The third kappa shape index (κ3) is 2.75. The highest BCUT2D eigenvalue weighted by molar-refractivity contribution is 5.98. The quantitative estimate of drug-likeness (QED) is 0.871. The van der Waals surface area contributed by atoms with Crippen molar-refractivity contribution in [1.82, 2.24) is 20.0 Å². The Bertz CT molecular complexity index is 757. The Morgan fingerprint density at radius 2 is 2.13 bits per heavy atom. The van der Waals surface area contributed by atoms with Crippen LogP contribution in [0.4, 0.5) is 4.39 Å². The Labute approximate surface area is 131 Å². The lowest BCUT2D eigenvalue weighted by molar-refractivity contribution is -0.122. The fraction of sp³-hybridized carbons (Fsp3) is 0.267. The highest BCUT2D eigenvalue weighted by Gasteiger charge is 2.33. The van der Waals surface area contributed by atoms with E-state index in [1.165, 1.54) is 47.1 Å². The van der Waals surface area contributed by atoms with Gasteiger partial charge in [-0.2, -0.15) is 5.10 Å². The number of hydrogen-bond donors (Lipinski definition) is 2. The van der Waals surface area contributed by atoms with Crippen molar-refractivity contribution < 1.29 is 19.1 Å². The molecule has 0 radical (unpaired) electrons. The number of aromatic hydroxyl groups is 1. The highest BCUT2D eigenvalue weighted by atomic mass is 19.1. The fourth-order valence-corrected chi connectivity index (χ4v) is 2.50. The number of hydrogen-bond acceptors (Lipinski definition) is 4. The summed E-state index contributed by atoms with van der Waals surface area (Å²) in [5.41, 5.74) is 0.346. The van der Waals surface area contributed by atoms with Gasteiger partial charge in [-0.3, -0.25) is 9.59 Å². The Balaban J connectivity index is 1.87. The van der Waals surface area contributed by atoms with Crippen LogP contribution in [0.25, 0.3) is 5.69 Å². The van der Waals surface area contributed by atoms with Crippen LogP contribution >= 0.6 is 0 Å². The minimum absolute atomic E-state index is 0.156. The zero-order chi connectivity index (χ0) is 16.6. The van der Waals surface area contributed by atoms with Gasteiger partial charge in [0.25, 0.3) is 5.91 Å². The molecule has 3 rings (SSSR count). The number of likely N-dealkylation sites (N-methyl/N-ethyl adjacent to an activating group) is 1. The van der Waals surface area contributed by atoms with Crippen molar-refractivity contribution in [1.29, 1.82) is 0 Å². The molecular weight excluding hydrogens is 303 g/mol. The first kappa shape index (κ1) is 15.0. The second-order valence-electron chi connectivity index (χ2n) is 5.30. The lowest BCUT2D eigenvalue weighted by Gasteiger charge is -2.21. The Kier molecular flexibility index (Phi) is 3.73. The second kappa shape index (κ2) is 5.71. The molecule has 0 bridgehead atoms. The molecule has 8 heteroatoms. The van der Waals surface area contributed by atoms with Gasteiger partial charge < -0.3 is 15.3 Å². The van der Waals surface area contributed by atoms with Crippen molar-refractivity contribution >= 4 is 11.8 Å². The van der Waals surface area contributed by atoms with E-state index in [2.05, 4.69) is 10.4 Å². The Morgan fingerprint density at radius 1 is 1.43 bits per heavy atom. The number of benzene rings is 1. The van der Waals surface area contributed by atoms with Crippen molar-refractivity contribution in [2.45, 2.75) is 12.5 Å².